The van der Waals surface area contributed by atoms with Gasteiger partial charge in [0, 0.05) is 21.0 Å². The molecule has 1 aliphatic heterocycles. The molecule has 0 saturated heterocycles. The summed E-state index contributed by atoms with van der Waals surface area (Å²) in [6.45, 7) is 0.189. The number of fused-ring (bicyclic) bond motifs is 1. The first-order valence-corrected chi connectivity index (χ1v) is 9.47. The smallest absolute Gasteiger partial charge is 0.329 e. The van der Waals surface area contributed by atoms with Crippen LogP contribution in [0.5, 0.6) is 5.75 Å². The molecule has 26 heavy (non-hydrogen) atoms. The number of methoxy groups -OCH3 is 1. The molecule has 134 valence electrons. The van der Waals surface area contributed by atoms with Crippen LogP contribution in [0.2, 0.25) is 0 Å². The maximum absolute atomic E-state index is 14.3. The lowest BCUT2D eigenvalue weighted by atomic mass is 10.1. The van der Waals surface area contributed by atoms with Crippen molar-refractivity contribution in [2.24, 2.45) is 0 Å². The normalized spacial score (nSPS) is 15.1. The van der Waals surface area contributed by atoms with Crippen LogP contribution in [0.15, 0.2) is 56.7 Å². The SMILES string of the molecule is COc1ccc2c(c1)S/C(=C\C(=O)O)C(=S)N2Cc1ccc(Br)cc1F. The summed E-state index contributed by atoms with van der Waals surface area (Å²) in [7, 11) is 1.56. The van der Waals surface area contributed by atoms with Crippen LogP contribution in [-0.2, 0) is 11.3 Å². The first kappa shape index (κ1) is 18.9. The fraction of sp³-hybridized carbons (Fsp3) is 0.111. The molecule has 1 heterocycles. The van der Waals surface area contributed by atoms with Gasteiger partial charge in [-0.25, -0.2) is 9.18 Å². The van der Waals surface area contributed by atoms with Gasteiger partial charge in [0.05, 0.1) is 24.2 Å². The van der Waals surface area contributed by atoms with E-state index in [2.05, 4.69) is 15.9 Å². The number of nitrogens with zero attached hydrogens (tertiary/aromatic N) is 1. The lowest BCUT2D eigenvalue weighted by Gasteiger charge is -2.33. The Kier molecular flexibility index (Phi) is 5.64. The molecular weight excluding hydrogens is 441 g/mol. The van der Waals surface area contributed by atoms with Crippen molar-refractivity contribution in [2.75, 3.05) is 12.0 Å². The number of carboxylic acids is 1. The summed E-state index contributed by atoms with van der Waals surface area (Å²) in [6.07, 6.45) is 1.07. The summed E-state index contributed by atoms with van der Waals surface area (Å²) in [6, 6.07) is 10.2. The van der Waals surface area contributed by atoms with Crippen LogP contribution >= 0.6 is 39.9 Å². The molecule has 0 spiro atoms. The lowest BCUT2D eigenvalue weighted by molar-refractivity contribution is -0.131. The molecule has 0 atom stereocenters. The number of ether oxygens (including phenoxy) is 1. The predicted molar refractivity (Wildman–Crippen MR) is 107 cm³/mol. The third-order valence-electron chi connectivity index (χ3n) is 3.73. The van der Waals surface area contributed by atoms with E-state index in [0.717, 1.165) is 16.7 Å². The maximum Gasteiger partial charge on any atom is 0.329 e. The van der Waals surface area contributed by atoms with Gasteiger partial charge in [-0.05, 0) is 30.3 Å². The summed E-state index contributed by atoms with van der Waals surface area (Å²) in [5.74, 6) is -0.802. The van der Waals surface area contributed by atoms with E-state index < -0.39 is 5.97 Å². The van der Waals surface area contributed by atoms with E-state index in [9.17, 15) is 9.18 Å². The van der Waals surface area contributed by atoms with E-state index in [1.165, 1.54) is 17.8 Å². The molecule has 8 heteroatoms. The highest BCUT2D eigenvalue weighted by Crippen LogP contribution is 2.44. The number of thiocarbonyl (C=S) groups is 1. The predicted octanol–water partition coefficient (Wildman–Crippen LogP) is 5.01. The molecule has 0 aromatic heterocycles. The summed E-state index contributed by atoms with van der Waals surface area (Å²) < 4.78 is 20.2. The number of anilines is 1. The summed E-state index contributed by atoms with van der Waals surface area (Å²) in [5.41, 5.74) is 1.24. The molecule has 0 unspecified atom stereocenters. The molecule has 4 nitrogen and oxygen atoms in total. The molecule has 2 aromatic rings. The van der Waals surface area contributed by atoms with Gasteiger partial charge in [-0.3, -0.25) is 0 Å². The van der Waals surface area contributed by atoms with Gasteiger partial charge < -0.3 is 14.7 Å². The third kappa shape index (κ3) is 3.92. The second-order valence-corrected chi connectivity index (χ2v) is 7.80. The average molecular weight is 454 g/mol. The van der Waals surface area contributed by atoms with E-state index in [0.29, 0.717) is 25.7 Å². The fourth-order valence-corrected chi connectivity index (χ4v) is 4.24. The zero-order valence-corrected chi connectivity index (χ0v) is 16.8. The van der Waals surface area contributed by atoms with Crippen LogP contribution in [0.25, 0.3) is 0 Å². The zero-order chi connectivity index (χ0) is 18.8. The van der Waals surface area contributed by atoms with Crippen LogP contribution in [0.1, 0.15) is 5.56 Å². The van der Waals surface area contributed by atoms with Gasteiger partial charge in [0.25, 0.3) is 0 Å². The molecule has 0 fully saturated rings. The molecule has 1 aliphatic rings. The highest BCUT2D eigenvalue weighted by atomic mass is 79.9. The monoisotopic (exact) mass is 453 g/mol. The summed E-state index contributed by atoms with van der Waals surface area (Å²) >= 11 is 9.98. The van der Waals surface area contributed by atoms with E-state index >= 15 is 0 Å². The molecule has 0 amide bonds. The van der Waals surface area contributed by atoms with E-state index in [1.54, 1.807) is 30.2 Å². The molecule has 0 bridgehead atoms. The van der Waals surface area contributed by atoms with Gasteiger partial charge in [-0.15, -0.1) is 0 Å². The van der Waals surface area contributed by atoms with Crippen molar-refractivity contribution >= 4 is 56.6 Å². The molecule has 2 aromatic carbocycles. The van der Waals surface area contributed by atoms with Crippen molar-refractivity contribution in [2.45, 2.75) is 11.4 Å². The largest absolute Gasteiger partial charge is 0.497 e. The number of carbonyl (C=O) groups is 1. The highest BCUT2D eigenvalue weighted by molar-refractivity contribution is 9.10. The number of carboxylic acid groups (broad SMARTS) is 1. The Balaban J connectivity index is 2.06. The van der Waals surface area contributed by atoms with Gasteiger partial charge in [0.2, 0.25) is 0 Å². The average Bonchev–Trinajstić information content (AvgIpc) is 2.59. The molecule has 0 aliphatic carbocycles. The Hall–Kier alpha value is -1.90. The van der Waals surface area contributed by atoms with Gasteiger partial charge in [-0.1, -0.05) is 46.0 Å². The molecule has 0 saturated carbocycles. The molecular formula is C18H13BrFNO3S2. The van der Waals surface area contributed by atoms with Gasteiger partial charge in [-0.2, -0.15) is 0 Å². The number of thioether (sulfide) groups is 1. The van der Waals surface area contributed by atoms with E-state index in [-0.39, 0.29) is 12.4 Å². The van der Waals surface area contributed by atoms with Crippen molar-refractivity contribution < 1.29 is 19.0 Å². The van der Waals surface area contributed by atoms with Crippen LogP contribution in [0, 0.1) is 5.82 Å². The first-order valence-electron chi connectivity index (χ1n) is 7.45. The second kappa shape index (κ2) is 7.77. The van der Waals surface area contributed by atoms with Gasteiger partial charge >= 0.3 is 5.97 Å². The van der Waals surface area contributed by atoms with E-state index in [1.807, 2.05) is 12.1 Å². The van der Waals surface area contributed by atoms with Crippen LogP contribution < -0.4 is 9.64 Å². The Labute approximate surface area is 167 Å². The van der Waals surface area contributed by atoms with Crippen molar-refractivity contribution in [1.29, 1.82) is 0 Å². The fourth-order valence-electron chi connectivity index (χ4n) is 2.51. The number of rotatable bonds is 4. The number of halogens is 2. The van der Waals surface area contributed by atoms with Crippen LogP contribution in [-0.4, -0.2) is 23.2 Å². The van der Waals surface area contributed by atoms with Gasteiger partial charge in [0.1, 0.15) is 16.6 Å². The summed E-state index contributed by atoms with van der Waals surface area (Å²) in [5, 5.41) is 9.13. The quantitative estimate of drug-likeness (QED) is 0.518. The topological polar surface area (TPSA) is 49.8 Å². The Morgan fingerprint density at radius 1 is 1.38 bits per heavy atom. The van der Waals surface area contributed by atoms with Crippen molar-refractivity contribution in [3.8, 4) is 5.75 Å². The van der Waals surface area contributed by atoms with Crippen LogP contribution in [0.3, 0.4) is 0 Å². The Bertz CT molecular complexity index is 933. The van der Waals surface area contributed by atoms with Crippen LogP contribution in [0.4, 0.5) is 10.1 Å². The van der Waals surface area contributed by atoms with E-state index in [4.69, 9.17) is 22.1 Å². The number of hydrogen-bond acceptors (Lipinski definition) is 4. The minimum absolute atomic E-state index is 0.189. The van der Waals surface area contributed by atoms with Crippen molar-refractivity contribution in [1.82, 2.24) is 0 Å². The maximum atomic E-state index is 14.3. The minimum atomic E-state index is -1.09. The zero-order valence-electron chi connectivity index (χ0n) is 13.5. The molecule has 3 rings (SSSR count). The first-order chi connectivity index (χ1) is 12.4. The minimum Gasteiger partial charge on any atom is -0.497 e. The third-order valence-corrected chi connectivity index (χ3v) is 5.87. The van der Waals surface area contributed by atoms with Crippen molar-refractivity contribution in [3.05, 3.63) is 63.2 Å². The molecule has 1 N–H and O–H groups in total. The van der Waals surface area contributed by atoms with Gasteiger partial charge in [0.15, 0.2) is 0 Å². The molecule has 0 radical (unpaired) electrons. The Morgan fingerprint density at radius 3 is 2.81 bits per heavy atom. The second-order valence-electron chi connectivity index (χ2n) is 5.41. The standard InChI is InChI=1S/C18H13BrFNO3S2/c1-24-12-4-5-14-15(7-12)26-16(8-17(22)23)18(25)21(14)9-10-2-3-11(19)6-13(10)20/h2-8H,9H2,1H3,(H,22,23)/b16-8-. The van der Waals surface area contributed by atoms with Crippen molar-refractivity contribution in [3.63, 3.8) is 0 Å². The number of aliphatic carboxylic acids is 1. The lowest BCUT2D eigenvalue weighted by Crippen LogP contribution is -2.33. The highest BCUT2D eigenvalue weighted by Gasteiger charge is 2.28. The Morgan fingerprint density at radius 2 is 2.15 bits per heavy atom. The summed E-state index contributed by atoms with van der Waals surface area (Å²) in [4.78, 5) is 14.4. The number of benzene rings is 2. The number of hydrogen-bond donors (Lipinski definition) is 1.